The number of urea groups is 1. The average Bonchev–Trinajstić information content (AvgIpc) is 3.29. The molecular weight excluding hydrogens is 438 g/mol. The molecule has 1 N–H and O–H groups in total. The number of ether oxygens (including phenoxy) is 1. The summed E-state index contributed by atoms with van der Waals surface area (Å²) >= 11 is 0. The highest BCUT2D eigenvalue weighted by Crippen LogP contribution is 2.33. The fraction of sp³-hybridized carbons (Fsp3) is 0.286. The number of hydrogen-bond acceptors (Lipinski definition) is 4. The van der Waals surface area contributed by atoms with Crippen molar-refractivity contribution in [1.29, 1.82) is 0 Å². The number of imidazole rings is 1. The van der Waals surface area contributed by atoms with E-state index in [0.29, 0.717) is 6.54 Å². The Bertz CT molecular complexity index is 1310. The first-order chi connectivity index (χ1) is 17.0. The molecule has 1 atom stereocenters. The second-order valence-corrected chi connectivity index (χ2v) is 9.16. The topological polar surface area (TPSA) is 62.1 Å². The van der Waals surface area contributed by atoms with Gasteiger partial charge in [0.1, 0.15) is 11.6 Å². The van der Waals surface area contributed by atoms with Gasteiger partial charge in [-0.15, -0.1) is 0 Å². The number of carbonyl (C=O) groups is 1. The van der Waals surface area contributed by atoms with Gasteiger partial charge in [0, 0.05) is 56.2 Å². The maximum Gasteiger partial charge on any atom is 0.321 e. The van der Waals surface area contributed by atoms with E-state index >= 15 is 0 Å². The van der Waals surface area contributed by atoms with Crippen molar-refractivity contribution in [3.63, 3.8) is 0 Å². The van der Waals surface area contributed by atoms with E-state index in [0.717, 1.165) is 59.1 Å². The first-order valence-electron chi connectivity index (χ1n) is 12.0. The first kappa shape index (κ1) is 22.8. The zero-order chi connectivity index (χ0) is 24.4. The van der Waals surface area contributed by atoms with Gasteiger partial charge in [-0.3, -0.25) is 0 Å². The third-order valence-corrected chi connectivity index (χ3v) is 6.65. The predicted molar refractivity (Wildman–Crippen MR) is 141 cm³/mol. The lowest BCUT2D eigenvalue weighted by Gasteiger charge is -2.32. The summed E-state index contributed by atoms with van der Waals surface area (Å²) in [6.45, 7) is 1.38. The quantitative estimate of drug-likeness (QED) is 0.420. The molecule has 2 aromatic carbocycles. The highest BCUT2D eigenvalue weighted by Gasteiger charge is 2.28. The number of fused-ring (bicyclic) bond motifs is 1. The van der Waals surface area contributed by atoms with E-state index in [2.05, 4.69) is 22.0 Å². The number of likely N-dealkylation sites (tertiary alicyclic amines) is 1. The number of rotatable bonds is 5. The molecule has 0 saturated carbocycles. The van der Waals surface area contributed by atoms with E-state index in [1.807, 2.05) is 84.6 Å². The van der Waals surface area contributed by atoms with Gasteiger partial charge in [0.25, 0.3) is 0 Å². The van der Waals surface area contributed by atoms with Gasteiger partial charge in [0.05, 0.1) is 18.3 Å². The van der Waals surface area contributed by atoms with Crippen LogP contribution in [0, 0.1) is 0 Å². The number of methoxy groups -OCH3 is 1. The van der Waals surface area contributed by atoms with Gasteiger partial charge in [-0.1, -0.05) is 6.07 Å². The minimum absolute atomic E-state index is 0.0662. The van der Waals surface area contributed by atoms with Crippen LogP contribution in [-0.2, 0) is 0 Å². The van der Waals surface area contributed by atoms with Crippen LogP contribution in [-0.4, -0.2) is 54.6 Å². The van der Waals surface area contributed by atoms with Crippen LogP contribution in [0.25, 0.3) is 16.8 Å². The zero-order valence-electron chi connectivity index (χ0n) is 20.4. The number of benzene rings is 2. The van der Waals surface area contributed by atoms with Gasteiger partial charge < -0.3 is 24.3 Å². The summed E-state index contributed by atoms with van der Waals surface area (Å²) in [5.74, 6) is 1.98. The number of hydrogen-bond donors (Lipinski definition) is 1. The number of nitrogens with zero attached hydrogens (tertiary/aromatic N) is 4. The van der Waals surface area contributed by atoms with Crippen molar-refractivity contribution < 1.29 is 9.53 Å². The molecule has 1 aliphatic heterocycles. The van der Waals surface area contributed by atoms with Gasteiger partial charge >= 0.3 is 6.03 Å². The zero-order valence-corrected chi connectivity index (χ0v) is 20.4. The molecule has 0 unspecified atom stereocenters. The number of aromatic nitrogens is 2. The summed E-state index contributed by atoms with van der Waals surface area (Å²) < 4.78 is 7.49. The number of anilines is 2. The molecule has 1 fully saturated rings. The molecule has 180 valence electrons. The van der Waals surface area contributed by atoms with Gasteiger partial charge in [0.15, 0.2) is 0 Å². The highest BCUT2D eigenvalue weighted by molar-refractivity contribution is 5.89. The molecule has 0 spiro atoms. The van der Waals surface area contributed by atoms with Crippen LogP contribution in [0.3, 0.4) is 0 Å². The standard InChI is InChI=1S/C28H31N5O2/c1-31(2)23-13-11-22(12-14-23)29-28(34)32-17-6-7-21(19-32)27-30-26(25-8-4-5-18-33(25)27)20-9-15-24(35-3)16-10-20/h4-5,8-16,18,21H,6-7,17,19H2,1-3H3,(H,29,34)/t21-/m0/s1. The van der Waals surface area contributed by atoms with Crippen LogP contribution in [0.2, 0.25) is 0 Å². The Labute approximate surface area is 206 Å². The van der Waals surface area contributed by atoms with Crippen molar-refractivity contribution in [2.75, 3.05) is 44.5 Å². The molecule has 0 aliphatic carbocycles. The summed E-state index contributed by atoms with van der Waals surface area (Å²) in [4.78, 5) is 22.1. The van der Waals surface area contributed by atoms with Crippen LogP contribution in [0.4, 0.5) is 16.2 Å². The van der Waals surface area contributed by atoms with E-state index in [4.69, 9.17) is 9.72 Å². The minimum atomic E-state index is -0.0662. The van der Waals surface area contributed by atoms with Gasteiger partial charge in [0.2, 0.25) is 0 Å². The third-order valence-electron chi connectivity index (χ3n) is 6.65. The predicted octanol–water partition coefficient (Wildman–Crippen LogP) is 5.49. The third kappa shape index (κ3) is 4.67. The van der Waals surface area contributed by atoms with Gasteiger partial charge in [-0.05, 0) is 73.5 Å². The monoisotopic (exact) mass is 469 g/mol. The molecule has 0 bridgehead atoms. The maximum atomic E-state index is 13.1. The van der Waals surface area contributed by atoms with Crippen molar-refractivity contribution in [2.45, 2.75) is 18.8 Å². The molecule has 1 aliphatic rings. The van der Waals surface area contributed by atoms with Crippen LogP contribution in [0.5, 0.6) is 5.75 Å². The summed E-state index contributed by atoms with van der Waals surface area (Å²) in [5.41, 5.74) is 4.96. The Kier molecular flexibility index (Phi) is 6.31. The lowest BCUT2D eigenvalue weighted by molar-refractivity contribution is 0.191. The Morgan fingerprint density at radius 3 is 2.54 bits per heavy atom. The molecule has 1 saturated heterocycles. The summed E-state index contributed by atoms with van der Waals surface area (Å²) in [6, 6.07) is 22.0. The number of amides is 2. The highest BCUT2D eigenvalue weighted by atomic mass is 16.5. The molecule has 5 rings (SSSR count). The average molecular weight is 470 g/mol. The molecule has 7 nitrogen and oxygen atoms in total. The number of pyridine rings is 1. The molecule has 3 heterocycles. The lowest BCUT2D eigenvalue weighted by atomic mass is 9.97. The van der Waals surface area contributed by atoms with E-state index in [9.17, 15) is 4.79 Å². The summed E-state index contributed by atoms with van der Waals surface area (Å²) in [6.07, 6.45) is 4.00. The molecule has 35 heavy (non-hydrogen) atoms. The first-order valence-corrected chi connectivity index (χ1v) is 12.0. The molecular formula is C28H31N5O2. The Hall–Kier alpha value is -4.00. The van der Waals surface area contributed by atoms with E-state index in [1.54, 1.807) is 7.11 Å². The van der Waals surface area contributed by atoms with Crippen molar-refractivity contribution in [2.24, 2.45) is 0 Å². The summed E-state index contributed by atoms with van der Waals surface area (Å²) in [7, 11) is 5.67. The van der Waals surface area contributed by atoms with Crippen molar-refractivity contribution in [1.82, 2.24) is 14.3 Å². The normalized spacial score (nSPS) is 15.7. The molecule has 0 radical (unpaired) electrons. The van der Waals surface area contributed by atoms with Crippen LogP contribution in [0.15, 0.2) is 72.9 Å². The van der Waals surface area contributed by atoms with E-state index in [1.165, 1.54) is 0 Å². The van der Waals surface area contributed by atoms with Crippen molar-refractivity contribution in [3.05, 3.63) is 78.8 Å². The van der Waals surface area contributed by atoms with Crippen molar-refractivity contribution in [3.8, 4) is 17.0 Å². The van der Waals surface area contributed by atoms with Gasteiger partial charge in [-0.25, -0.2) is 9.78 Å². The van der Waals surface area contributed by atoms with Crippen LogP contribution in [0.1, 0.15) is 24.6 Å². The Morgan fingerprint density at radius 1 is 1.06 bits per heavy atom. The largest absolute Gasteiger partial charge is 0.497 e. The fourth-order valence-electron chi connectivity index (χ4n) is 4.73. The molecule has 4 aromatic rings. The Morgan fingerprint density at radius 2 is 1.83 bits per heavy atom. The van der Waals surface area contributed by atoms with E-state index < -0.39 is 0 Å². The SMILES string of the molecule is COc1ccc(-c2nc([C@H]3CCCN(C(=O)Nc4ccc(N(C)C)cc4)C3)n3ccccc23)cc1. The van der Waals surface area contributed by atoms with E-state index in [-0.39, 0.29) is 11.9 Å². The lowest BCUT2D eigenvalue weighted by Crippen LogP contribution is -2.42. The minimum Gasteiger partial charge on any atom is -0.497 e. The number of carbonyl (C=O) groups excluding carboxylic acids is 1. The number of nitrogens with one attached hydrogen (secondary N) is 1. The summed E-state index contributed by atoms with van der Waals surface area (Å²) in [5, 5.41) is 3.06. The second kappa shape index (κ2) is 9.70. The van der Waals surface area contributed by atoms with Crippen molar-refractivity contribution >= 4 is 22.9 Å². The molecule has 2 amide bonds. The smallest absolute Gasteiger partial charge is 0.321 e. The van der Waals surface area contributed by atoms with Crippen LogP contribution < -0.4 is 15.0 Å². The fourth-order valence-corrected chi connectivity index (χ4v) is 4.73. The van der Waals surface area contributed by atoms with Crippen LogP contribution >= 0.6 is 0 Å². The Balaban J connectivity index is 1.37. The van der Waals surface area contributed by atoms with Gasteiger partial charge in [-0.2, -0.15) is 0 Å². The molecule has 2 aromatic heterocycles. The number of piperidine rings is 1. The maximum absolute atomic E-state index is 13.1. The molecule has 7 heteroatoms. The second-order valence-electron chi connectivity index (χ2n) is 9.16.